The molecule has 0 saturated carbocycles. The maximum atomic E-state index is 12.2. The zero-order valence-electron chi connectivity index (χ0n) is 13.9. The number of carbonyl (C=O) groups excluding carboxylic acids is 1. The predicted octanol–water partition coefficient (Wildman–Crippen LogP) is 2.06. The number of hydrogen-bond donors (Lipinski definition) is 2. The molecule has 0 unspecified atom stereocenters. The molecule has 0 aliphatic carbocycles. The first-order valence-electron chi connectivity index (χ1n) is 7.75. The Balaban J connectivity index is 1.71. The molecule has 128 valence electrons. The van der Waals surface area contributed by atoms with E-state index in [0.717, 1.165) is 17.0 Å². The highest BCUT2D eigenvalue weighted by atomic mass is 16.5. The number of H-pyrrole nitrogens is 1. The Morgan fingerprint density at radius 2 is 2.00 bits per heavy atom. The van der Waals surface area contributed by atoms with Crippen LogP contribution in [0.1, 0.15) is 28.9 Å². The molecule has 0 fully saturated rings. The van der Waals surface area contributed by atoms with Gasteiger partial charge in [0.2, 0.25) is 5.56 Å². The third kappa shape index (κ3) is 3.77. The third-order valence-electron chi connectivity index (χ3n) is 3.83. The van der Waals surface area contributed by atoms with E-state index in [-0.39, 0.29) is 17.5 Å². The fourth-order valence-corrected chi connectivity index (χ4v) is 2.35. The summed E-state index contributed by atoms with van der Waals surface area (Å²) in [4.78, 5) is 25.8. The van der Waals surface area contributed by atoms with Crippen LogP contribution in [-0.2, 0) is 0 Å². The number of aromatic nitrogens is 3. The van der Waals surface area contributed by atoms with Gasteiger partial charge in [-0.25, -0.2) is 4.68 Å². The average molecular weight is 338 g/mol. The minimum atomic E-state index is -0.263. The van der Waals surface area contributed by atoms with E-state index in [2.05, 4.69) is 15.4 Å². The summed E-state index contributed by atoms with van der Waals surface area (Å²) in [5.74, 6) is 0.513. The smallest absolute Gasteiger partial charge is 0.253 e. The van der Waals surface area contributed by atoms with Crippen molar-refractivity contribution < 1.29 is 9.53 Å². The van der Waals surface area contributed by atoms with Gasteiger partial charge < -0.3 is 15.0 Å². The Labute approximate surface area is 144 Å². The van der Waals surface area contributed by atoms with E-state index >= 15 is 0 Å². The third-order valence-corrected chi connectivity index (χ3v) is 3.83. The largest absolute Gasteiger partial charge is 0.497 e. The Kier molecular flexibility index (Phi) is 4.65. The van der Waals surface area contributed by atoms with Crippen molar-refractivity contribution in [3.8, 4) is 11.4 Å². The molecule has 1 aromatic carbocycles. The predicted molar refractivity (Wildman–Crippen MR) is 93.1 cm³/mol. The van der Waals surface area contributed by atoms with Gasteiger partial charge in [-0.15, -0.1) is 0 Å². The van der Waals surface area contributed by atoms with Crippen LogP contribution in [0.4, 0.5) is 0 Å². The SMILES string of the molecule is COc1ccc(-n2cc([C@@H](C)NC(=O)c3ccc(=O)[nH]c3)cn2)cc1. The number of aromatic amines is 1. The van der Waals surface area contributed by atoms with Crippen LogP contribution in [0, 0.1) is 0 Å². The lowest BCUT2D eigenvalue weighted by Gasteiger charge is -2.12. The Morgan fingerprint density at radius 1 is 1.24 bits per heavy atom. The Morgan fingerprint density at radius 3 is 2.64 bits per heavy atom. The van der Waals surface area contributed by atoms with Gasteiger partial charge in [-0.05, 0) is 37.3 Å². The van der Waals surface area contributed by atoms with Crippen LogP contribution < -0.4 is 15.6 Å². The summed E-state index contributed by atoms with van der Waals surface area (Å²) in [6.45, 7) is 1.87. The van der Waals surface area contributed by atoms with Gasteiger partial charge >= 0.3 is 0 Å². The number of nitrogens with one attached hydrogen (secondary N) is 2. The second-order valence-corrected chi connectivity index (χ2v) is 5.55. The van der Waals surface area contributed by atoms with Crippen molar-refractivity contribution >= 4 is 5.91 Å². The molecule has 1 amide bonds. The second kappa shape index (κ2) is 7.04. The first-order valence-corrected chi connectivity index (χ1v) is 7.75. The number of methoxy groups -OCH3 is 1. The van der Waals surface area contributed by atoms with Crippen molar-refractivity contribution in [1.29, 1.82) is 0 Å². The summed E-state index contributed by atoms with van der Waals surface area (Å²) in [5.41, 5.74) is 1.92. The normalized spacial score (nSPS) is 11.8. The molecular formula is C18H18N4O3. The first kappa shape index (κ1) is 16.5. The molecule has 2 heterocycles. The van der Waals surface area contributed by atoms with Crippen LogP contribution >= 0.6 is 0 Å². The van der Waals surface area contributed by atoms with Crippen molar-refractivity contribution in [3.63, 3.8) is 0 Å². The molecule has 1 atom stereocenters. The summed E-state index contributed by atoms with van der Waals surface area (Å²) in [7, 11) is 1.62. The van der Waals surface area contributed by atoms with Gasteiger partial charge in [-0.2, -0.15) is 5.10 Å². The highest BCUT2D eigenvalue weighted by Gasteiger charge is 2.13. The van der Waals surface area contributed by atoms with Crippen LogP contribution in [0.3, 0.4) is 0 Å². The van der Waals surface area contributed by atoms with Crippen LogP contribution in [0.2, 0.25) is 0 Å². The van der Waals surface area contributed by atoms with Gasteiger partial charge in [0.15, 0.2) is 0 Å². The molecule has 3 aromatic rings. The molecule has 2 aromatic heterocycles. The average Bonchev–Trinajstić information content (AvgIpc) is 3.12. The lowest BCUT2D eigenvalue weighted by Crippen LogP contribution is -2.27. The van der Waals surface area contributed by atoms with Gasteiger partial charge in [0.25, 0.3) is 5.91 Å². The van der Waals surface area contributed by atoms with Crippen molar-refractivity contribution in [1.82, 2.24) is 20.1 Å². The molecule has 7 heteroatoms. The molecule has 0 aliphatic rings. The Bertz CT molecular complexity index is 907. The molecule has 2 N–H and O–H groups in total. The van der Waals surface area contributed by atoms with Crippen LogP contribution in [0.25, 0.3) is 5.69 Å². The highest BCUT2D eigenvalue weighted by molar-refractivity contribution is 5.94. The zero-order chi connectivity index (χ0) is 17.8. The van der Waals surface area contributed by atoms with Crippen LogP contribution in [-0.4, -0.2) is 27.8 Å². The standard InChI is InChI=1S/C18H18N4O3/c1-12(21-18(24)13-3-8-17(23)19-9-13)14-10-20-22(11-14)15-4-6-16(25-2)7-5-15/h3-12H,1-2H3,(H,19,23)(H,21,24)/t12-/m1/s1. The summed E-state index contributed by atoms with van der Waals surface area (Å²) in [5, 5.41) is 7.21. The monoisotopic (exact) mass is 338 g/mol. The molecule has 0 aliphatic heterocycles. The summed E-state index contributed by atoms with van der Waals surface area (Å²) >= 11 is 0. The van der Waals surface area contributed by atoms with Gasteiger partial charge in [0.05, 0.1) is 30.6 Å². The number of benzene rings is 1. The van der Waals surface area contributed by atoms with Crippen molar-refractivity contribution in [2.24, 2.45) is 0 Å². The number of amides is 1. The maximum Gasteiger partial charge on any atom is 0.253 e. The van der Waals surface area contributed by atoms with Gasteiger partial charge in [-0.1, -0.05) is 0 Å². The van der Waals surface area contributed by atoms with E-state index in [1.807, 2.05) is 37.4 Å². The van der Waals surface area contributed by atoms with Gasteiger partial charge in [-0.3, -0.25) is 9.59 Å². The van der Waals surface area contributed by atoms with E-state index in [1.165, 1.54) is 18.3 Å². The van der Waals surface area contributed by atoms with E-state index in [1.54, 1.807) is 18.0 Å². The molecule has 7 nitrogen and oxygen atoms in total. The van der Waals surface area contributed by atoms with Gasteiger partial charge in [0, 0.05) is 24.0 Å². The van der Waals surface area contributed by atoms with Crippen LogP contribution in [0.5, 0.6) is 5.75 Å². The molecule has 0 spiro atoms. The molecule has 3 rings (SSSR count). The van der Waals surface area contributed by atoms with E-state index in [4.69, 9.17) is 4.74 Å². The summed E-state index contributed by atoms with van der Waals surface area (Å²) < 4.78 is 6.88. The number of pyridine rings is 1. The summed E-state index contributed by atoms with van der Waals surface area (Å²) in [6, 6.07) is 10.1. The lowest BCUT2D eigenvalue weighted by atomic mass is 10.1. The zero-order valence-corrected chi connectivity index (χ0v) is 13.9. The highest BCUT2D eigenvalue weighted by Crippen LogP contribution is 2.17. The van der Waals surface area contributed by atoms with Crippen molar-refractivity contribution in [2.45, 2.75) is 13.0 Å². The van der Waals surface area contributed by atoms with Gasteiger partial charge in [0.1, 0.15) is 5.75 Å². The fraction of sp³-hybridized carbons (Fsp3) is 0.167. The maximum absolute atomic E-state index is 12.2. The number of nitrogens with zero attached hydrogens (tertiary/aromatic N) is 2. The minimum Gasteiger partial charge on any atom is -0.497 e. The number of ether oxygens (including phenoxy) is 1. The molecule has 0 radical (unpaired) electrons. The number of hydrogen-bond acceptors (Lipinski definition) is 4. The van der Waals surface area contributed by atoms with Crippen LogP contribution in [0.15, 0.2) is 59.8 Å². The topological polar surface area (TPSA) is 89.0 Å². The lowest BCUT2D eigenvalue weighted by molar-refractivity contribution is 0.0939. The fourth-order valence-electron chi connectivity index (χ4n) is 2.35. The van der Waals surface area contributed by atoms with E-state index in [0.29, 0.717) is 5.56 Å². The van der Waals surface area contributed by atoms with E-state index < -0.39 is 0 Å². The minimum absolute atomic E-state index is 0.230. The second-order valence-electron chi connectivity index (χ2n) is 5.55. The molecule has 0 saturated heterocycles. The number of rotatable bonds is 5. The van der Waals surface area contributed by atoms with Crippen molar-refractivity contribution in [3.05, 3.63) is 76.5 Å². The molecule has 0 bridgehead atoms. The molecular weight excluding hydrogens is 320 g/mol. The summed E-state index contributed by atoms with van der Waals surface area (Å²) in [6.07, 6.45) is 4.97. The Hall–Kier alpha value is -3.35. The number of carbonyl (C=O) groups is 1. The first-order chi connectivity index (χ1) is 12.1. The van der Waals surface area contributed by atoms with Crippen molar-refractivity contribution in [2.75, 3.05) is 7.11 Å². The molecule has 25 heavy (non-hydrogen) atoms. The van der Waals surface area contributed by atoms with E-state index in [9.17, 15) is 9.59 Å². The quantitative estimate of drug-likeness (QED) is 0.745.